The minimum Gasteiger partial charge on any atom is -0.425 e. The van der Waals surface area contributed by atoms with E-state index >= 15 is 0 Å². The molecule has 6 heteroatoms. The fraction of sp³-hybridized carbons (Fsp3) is 0.200. The Bertz CT molecular complexity index is 467. The van der Waals surface area contributed by atoms with Crippen molar-refractivity contribution < 1.29 is 14.5 Å². The van der Waals surface area contributed by atoms with Crippen molar-refractivity contribution in [2.24, 2.45) is 0 Å². The van der Waals surface area contributed by atoms with Gasteiger partial charge in [0.1, 0.15) is 0 Å². The molecule has 0 bridgehead atoms. The molecule has 16 heavy (non-hydrogen) atoms. The predicted octanol–water partition coefficient (Wildman–Crippen LogP) is -0.351. The highest BCUT2D eigenvalue weighted by Gasteiger charge is 2.10. The van der Waals surface area contributed by atoms with Gasteiger partial charge in [-0.25, -0.2) is 0 Å². The molecule has 0 saturated heterocycles. The Kier molecular flexibility index (Phi) is 3.03. The molecule has 0 aliphatic heterocycles. The molecule has 0 fully saturated rings. The molecule has 1 heterocycles. The number of rotatable bonds is 3. The average molecular weight is 218 g/mol. The lowest BCUT2D eigenvalue weighted by atomic mass is 9.80. The summed E-state index contributed by atoms with van der Waals surface area (Å²) in [4.78, 5) is 0. The molecule has 1 aromatic carbocycles. The van der Waals surface area contributed by atoms with Gasteiger partial charge in [-0.05, 0) is 11.0 Å². The first kappa shape index (κ1) is 10.8. The molecule has 0 radical (unpaired) electrons. The monoisotopic (exact) mass is 218 g/mol. The summed E-state index contributed by atoms with van der Waals surface area (Å²) in [6, 6.07) is 6.91. The molecule has 0 amide bonds. The first-order chi connectivity index (χ1) is 7.65. The van der Waals surface area contributed by atoms with E-state index in [1.165, 1.54) is 0 Å². The van der Waals surface area contributed by atoms with Crippen LogP contribution in [-0.2, 0) is 6.42 Å². The van der Waals surface area contributed by atoms with E-state index in [1.807, 2.05) is 0 Å². The highest BCUT2D eigenvalue weighted by atomic mass is 16.4. The zero-order chi connectivity index (χ0) is 11.5. The molecule has 0 unspecified atom stereocenters. The molecule has 2 aromatic rings. The zero-order valence-corrected chi connectivity index (χ0v) is 8.79. The zero-order valence-electron chi connectivity index (χ0n) is 8.79. The molecule has 0 spiro atoms. The first-order valence-corrected chi connectivity index (χ1v) is 4.89. The van der Waals surface area contributed by atoms with Gasteiger partial charge in [0, 0.05) is 6.92 Å². The predicted molar refractivity (Wildman–Crippen MR) is 58.1 cm³/mol. The molecular weight excluding hydrogens is 207 g/mol. The molecular formula is C10H11BN2O3. The van der Waals surface area contributed by atoms with Crippen molar-refractivity contribution in [3.8, 4) is 0 Å². The van der Waals surface area contributed by atoms with Crippen LogP contribution in [0.25, 0.3) is 0 Å². The topological polar surface area (TPSA) is 79.4 Å². The summed E-state index contributed by atoms with van der Waals surface area (Å²) in [6.07, 6.45) is 0.544. The lowest BCUT2D eigenvalue weighted by molar-refractivity contribution is 0.426. The van der Waals surface area contributed by atoms with Crippen molar-refractivity contribution in [2.75, 3.05) is 0 Å². The average Bonchev–Trinajstić information content (AvgIpc) is 2.65. The number of aryl methyl sites for hydroxylation is 1. The van der Waals surface area contributed by atoms with Crippen LogP contribution in [-0.4, -0.2) is 27.4 Å². The van der Waals surface area contributed by atoms with Gasteiger partial charge in [0.25, 0.3) is 0 Å². The minimum absolute atomic E-state index is 0.463. The van der Waals surface area contributed by atoms with E-state index in [2.05, 4.69) is 10.2 Å². The molecule has 0 atom stereocenters. The number of benzene rings is 1. The molecule has 0 aliphatic carbocycles. The van der Waals surface area contributed by atoms with Crippen LogP contribution in [0, 0.1) is 6.92 Å². The smallest absolute Gasteiger partial charge is 0.425 e. The van der Waals surface area contributed by atoms with Crippen molar-refractivity contribution in [2.45, 2.75) is 13.3 Å². The summed E-state index contributed by atoms with van der Waals surface area (Å²) in [5.74, 6) is 1.09. The van der Waals surface area contributed by atoms with Gasteiger partial charge in [-0.1, -0.05) is 24.3 Å². The molecule has 2 N–H and O–H groups in total. The summed E-state index contributed by atoms with van der Waals surface area (Å²) in [7, 11) is -1.43. The summed E-state index contributed by atoms with van der Waals surface area (Å²) in [5.41, 5.74) is 1.44. The van der Waals surface area contributed by atoms with E-state index in [1.54, 1.807) is 31.2 Å². The maximum atomic E-state index is 8.92. The second kappa shape index (κ2) is 4.46. The van der Waals surface area contributed by atoms with E-state index < -0.39 is 7.12 Å². The number of hydrogen-bond donors (Lipinski definition) is 2. The first-order valence-electron chi connectivity index (χ1n) is 4.89. The van der Waals surface area contributed by atoms with Gasteiger partial charge in [0.15, 0.2) is 0 Å². The van der Waals surface area contributed by atoms with E-state index in [9.17, 15) is 0 Å². The highest BCUT2D eigenvalue weighted by molar-refractivity contribution is 6.58. The summed E-state index contributed by atoms with van der Waals surface area (Å²) in [6.45, 7) is 1.74. The Morgan fingerprint density at radius 1 is 1.19 bits per heavy atom. The molecule has 1 aromatic heterocycles. The lowest BCUT2D eigenvalue weighted by Gasteiger charge is -2.00. The van der Waals surface area contributed by atoms with Crippen LogP contribution in [0.1, 0.15) is 17.3 Å². The highest BCUT2D eigenvalue weighted by Crippen LogP contribution is 2.06. The number of nitrogens with zero attached hydrogens (tertiary/aromatic N) is 2. The molecule has 5 nitrogen and oxygen atoms in total. The maximum absolute atomic E-state index is 8.92. The van der Waals surface area contributed by atoms with Crippen LogP contribution in [0.5, 0.6) is 0 Å². The van der Waals surface area contributed by atoms with Crippen molar-refractivity contribution in [3.05, 3.63) is 41.6 Å². The van der Waals surface area contributed by atoms with Crippen LogP contribution in [0.3, 0.4) is 0 Å². The third-order valence-electron chi connectivity index (χ3n) is 2.20. The molecule has 0 saturated carbocycles. The van der Waals surface area contributed by atoms with Crippen LogP contribution in [0.4, 0.5) is 0 Å². The van der Waals surface area contributed by atoms with Crippen LogP contribution in [0.15, 0.2) is 28.7 Å². The fourth-order valence-electron chi connectivity index (χ4n) is 1.39. The Hall–Kier alpha value is -1.66. The standard InChI is InChI=1S/C10H11BN2O3/c1-7-12-13-10(16-7)6-8-2-4-9(5-3-8)11(14)15/h2-5,14-15H,6H2,1H3. The fourth-order valence-corrected chi connectivity index (χ4v) is 1.39. The summed E-state index contributed by atoms with van der Waals surface area (Å²) >= 11 is 0. The van der Waals surface area contributed by atoms with Gasteiger partial charge in [-0.3, -0.25) is 0 Å². The number of aromatic nitrogens is 2. The van der Waals surface area contributed by atoms with Gasteiger partial charge < -0.3 is 14.5 Å². The lowest BCUT2D eigenvalue weighted by Crippen LogP contribution is -2.29. The third-order valence-corrected chi connectivity index (χ3v) is 2.20. The Labute approximate surface area is 92.9 Å². The van der Waals surface area contributed by atoms with E-state index in [4.69, 9.17) is 14.5 Å². The normalized spacial score (nSPS) is 10.4. The quantitative estimate of drug-likeness (QED) is 0.688. The minimum atomic E-state index is -1.43. The van der Waals surface area contributed by atoms with Crippen molar-refractivity contribution in [3.63, 3.8) is 0 Å². The van der Waals surface area contributed by atoms with E-state index in [0.717, 1.165) is 5.56 Å². The third kappa shape index (κ3) is 2.47. The molecule has 0 aliphatic rings. The van der Waals surface area contributed by atoms with Crippen molar-refractivity contribution in [1.82, 2.24) is 10.2 Å². The largest absolute Gasteiger partial charge is 0.488 e. The maximum Gasteiger partial charge on any atom is 0.488 e. The van der Waals surface area contributed by atoms with Crippen molar-refractivity contribution in [1.29, 1.82) is 0 Å². The Balaban J connectivity index is 2.11. The van der Waals surface area contributed by atoms with E-state index in [-0.39, 0.29) is 0 Å². The van der Waals surface area contributed by atoms with Gasteiger partial charge in [-0.15, -0.1) is 10.2 Å². The van der Waals surface area contributed by atoms with Gasteiger partial charge in [0.2, 0.25) is 11.8 Å². The van der Waals surface area contributed by atoms with Crippen molar-refractivity contribution >= 4 is 12.6 Å². The second-order valence-electron chi connectivity index (χ2n) is 3.51. The van der Waals surface area contributed by atoms with Gasteiger partial charge >= 0.3 is 7.12 Å². The van der Waals surface area contributed by atoms with Crippen LogP contribution >= 0.6 is 0 Å². The van der Waals surface area contributed by atoms with Crippen LogP contribution < -0.4 is 5.46 Å². The molecule has 82 valence electrons. The summed E-state index contributed by atoms with van der Waals surface area (Å²) in [5, 5.41) is 25.5. The number of hydrogen-bond acceptors (Lipinski definition) is 5. The Morgan fingerprint density at radius 3 is 2.38 bits per heavy atom. The SMILES string of the molecule is Cc1nnc(Cc2ccc(B(O)O)cc2)o1. The second-order valence-corrected chi connectivity index (χ2v) is 3.51. The van der Waals surface area contributed by atoms with Crippen LogP contribution in [0.2, 0.25) is 0 Å². The Morgan fingerprint density at radius 2 is 1.88 bits per heavy atom. The van der Waals surface area contributed by atoms with E-state index in [0.29, 0.717) is 23.7 Å². The molecule has 2 rings (SSSR count). The summed E-state index contributed by atoms with van der Waals surface area (Å²) < 4.78 is 5.24. The van der Waals surface area contributed by atoms with Gasteiger partial charge in [0.05, 0.1) is 6.42 Å². The van der Waals surface area contributed by atoms with Gasteiger partial charge in [-0.2, -0.15) is 0 Å².